The Kier molecular flexibility index (Phi) is 45.9. The van der Waals surface area contributed by atoms with Crippen molar-refractivity contribution in [1.82, 2.24) is 0 Å². The van der Waals surface area contributed by atoms with E-state index in [0.717, 1.165) is 0 Å². The third-order valence-electron chi connectivity index (χ3n) is 0.667. The Bertz CT molecular complexity index is 79.8. The highest BCUT2D eigenvalue weighted by Gasteiger charge is 1.57. The predicted octanol–water partition coefficient (Wildman–Crippen LogP) is 3.12. The van der Waals surface area contributed by atoms with Gasteiger partial charge in [0.05, 0.1) is 15.7 Å². The first-order valence-corrected chi connectivity index (χ1v) is 4.15. The van der Waals surface area contributed by atoms with Crippen LogP contribution in [0.4, 0.5) is 0 Å². The first-order valence-electron chi connectivity index (χ1n) is 4.15. The zero-order chi connectivity index (χ0) is 10.2. The molecule has 12 heavy (non-hydrogen) atoms. The summed E-state index contributed by atoms with van der Waals surface area (Å²) in [6, 6.07) is 12.0. The highest BCUT2D eigenvalue weighted by atomic mass is 13.6. The molecule has 0 heterocycles. The van der Waals surface area contributed by atoms with E-state index in [1.165, 1.54) is 13.6 Å². The van der Waals surface area contributed by atoms with Crippen molar-refractivity contribution in [2.75, 3.05) is 0 Å². The van der Waals surface area contributed by atoms with Gasteiger partial charge in [0.15, 0.2) is 0 Å². The molecule has 0 aliphatic carbocycles. The molecule has 0 bridgehead atoms. The fourth-order valence-electron chi connectivity index (χ4n) is 0.385. The molecule has 0 unspecified atom stereocenters. The third-order valence-corrected chi connectivity index (χ3v) is 0.667. The Hall–Kier alpha value is -0.650. The molecule has 0 atom stereocenters. The molecule has 2 heteroatoms. The van der Waals surface area contributed by atoms with Gasteiger partial charge in [-0.1, -0.05) is 63.9 Å². The molecular weight excluding hydrogens is 142 g/mol. The van der Waals surface area contributed by atoms with Crippen molar-refractivity contribution in [1.29, 1.82) is 0 Å². The van der Waals surface area contributed by atoms with Gasteiger partial charge in [-0.3, -0.25) is 0 Å². The fraction of sp³-hybridized carbons (Fsp3) is 0.400. The molecule has 4 radical (unpaired) electrons. The quantitative estimate of drug-likeness (QED) is 0.511. The molecule has 64 valence electrons. The second-order valence-corrected chi connectivity index (χ2v) is 1.15. The van der Waals surface area contributed by atoms with Crippen LogP contribution in [0.2, 0.25) is 13.6 Å². The van der Waals surface area contributed by atoms with Gasteiger partial charge in [0.2, 0.25) is 0 Å². The Balaban J connectivity index is -0.000000117. The molecule has 0 spiro atoms. The van der Waals surface area contributed by atoms with Gasteiger partial charge < -0.3 is 0 Å². The predicted molar refractivity (Wildman–Crippen MR) is 61.0 cm³/mol. The van der Waals surface area contributed by atoms with Crippen LogP contribution in [0.15, 0.2) is 36.4 Å². The van der Waals surface area contributed by atoms with Crippen molar-refractivity contribution >= 4 is 15.7 Å². The lowest BCUT2D eigenvalue weighted by atomic mass is 10.2. The maximum Gasteiger partial charge on any atom is 0.0606 e. The van der Waals surface area contributed by atoms with E-state index in [2.05, 4.69) is 15.7 Å². The van der Waals surface area contributed by atoms with E-state index < -0.39 is 0 Å². The molecule has 1 aromatic carbocycles. The van der Waals surface area contributed by atoms with Crippen LogP contribution in [-0.2, 0) is 0 Å². The first-order chi connectivity index (χ1) is 6.00. The number of benzene rings is 1. The van der Waals surface area contributed by atoms with Gasteiger partial charge in [0.25, 0.3) is 0 Å². The molecule has 0 N–H and O–H groups in total. The Labute approximate surface area is 80.2 Å². The van der Waals surface area contributed by atoms with Crippen LogP contribution in [0.3, 0.4) is 0 Å². The second kappa shape index (κ2) is 31.6. The molecule has 0 fully saturated rings. The van der Waals surface area contributed by atoms with E-state index in [9.17, 15) is 0 Å². The lowest BCUT2D eigenvalue weighted by Gasteiger charge is -1.69. The van der Waals surface area contributed by atoms with Crippen LogP contribution >= 0.6 is 0 Å². The minimum atomic E-state index is 1.50. The summed E-state index contributed by atoms with van der Waals surface area (Å²) in [6.07, 6.45) is 0. The highest BCUT2D eigenvalue weighted by molar-refractivity contribution is 6.05. The first kappa shape index (κ1) is 17.4. The molecule has 0 aliphatic rings. The zero-order valence-electron chi connectivity index (χ0n) is 8.62. The van der Waals surface area contributed by atoms with Crippen LogP contribution in [0.5, 0.6) is 0 Å². The van der Waals surface area contributed by atoms with Crippen LogP contribution in [0.25, 0.3) is 0 Å². The molecule has 0 aliphatic heterocycles. The van der Waals surface area contributed by atoms with Gasteiger partial charge >= 0.3 is 0 Å². The van der Waals surface area contributed by atoms with Crippen LogP contribution in [0, 0.1) is 0 Å². The smallest absolute Gasteiger partial charge is 0.0606 e. The van der Waals surface area contributed by atoms with Crippen molar-refractivity contribution < 1.29 is 0 Å². The topological polar surface area (TPSA) is 0 Å². The number of hydrogen-bond acceptors (Lipinski definition) is 0. The summed E-state index contributed by atoms with van der Waals surface area (Å²) in [6.45, 7) is 7.00. The average Bonchev–Trinajstić information content (AvgIpc) is 2.29. The van der Waals surface area contributed by atoms with E-state index in [4.69, 9.17) is 0 Å². The lowest BCUT2D eigenvalue weighted by Crippen LogP contribution is -1.47. The summed E-state index contributed by atoms with van der Waals surface area (Å²) in [5.74, 6) is 0. The Morgan fingerprint density at radius 2 is 0.583 bits per heavy atom. The van der Waals surface area contributed by atoms with Crippen molar-refractivity contribution in [3.05, 3.63) is 36.4 Å². The summed E-state index contributed by atoms with van der Waals surface area (Å²) in [4.78, 5) is 0. The molecular formula is C10H18B2. The standard InChI is InChI=1S/C6H6.C2H6.2CH3B/c1-2-4-6-5-3-1;3*1-2/h1-6H;1-2H3;2*1H3. The van der Waals surface area contributed by atoms with Gasteiger partial charge in [-0.25, -0.2) is 0 Å². The van der Waals surface area contributed by atoms with Crippen molar-refractivity contribution in [3.8, 4) is 0 Å². The Morgan fingerprint density at radius 3 is 0.667 bits per heavy atom. The highest BCUT2D eigenvalue weighted by Crippen LogP contribution is 1.79. The van der Waals surface area contributed by atoms with E-state index >= 15 is 0 Å². The summed E-state index contributed by atoms with van der Waals surface area (Å²) in [7, 11) is 9.00. The number of rotatable bonds is 0. The molecule has 1 rings (SSSR count). The van der Waals surface area contributed by atoms with E-state index in [0.29, 0.717) is 0 Å². The van der Waals surface area contributed by atoms with E-state index in [-0.39, 0.29) is 0 Å². The Morgan fingerprint density at radius 1 is 0.500 bits per heavy atom. The molecule has 0 saturated carbocycles. The van der Waals surface area contributed by atoms with Gasteiger partial charge in [0.1, 0.15) is 0 Å². The number of hydrogen-bond donors (Lipinski definition) is 0. The summed E-state index contributed by atoms with van der Waals surface area (Å²) >= 11 is 0. The fourth-order valence-corrected chi connectivity index (χ4v) is 0.385. The largest absolute Gasteiger partial charge is 0.0999 e. The van der Waals surface area contributed by atoms with E-state index in [1.807, 2.05) is 50.2 Å². The van der Waals surface area contributed by atoms with Crippen LogP contribution in [-0.4, -0.2) is 15.7 Å². The van der Waals surface area contributed by atoms with Crippen molar-refractivity contribution in [2.45, 2.75) is 27.5 Å². The average molecular weight is 160 g/mol. The maximum atomic E-state index is 4.50. The minimum absolute atomic E-state index is 1.50. The van der Waals surface area contributed by atoms with Crippen LogP contribution < -0.4 is 0 Å². The summed E-state index contributed by atoms with van der Waals surface area (Å²) in [5, 5.41) is 0. The van der Waals surface area contributed by atoms with Gasteiger partial charge in [-0.05, 0) is 0 Å². The van der Waals surface area contributed by atoms with Gasteiger partial charge in [-0.2, -0.15) is 0 Å². The molecule has 0 saturated heterocycles. The van der Waals surface area contributed by atoms with Crippen LogP contribution in [0.1, 0.15) is 13.8 Å². The summed E-state index contributed by atoms with van der Waals surface area (Å²) in [5.41, 5.74) is 0. The normalized spacial score (nSPS) is 5.33. The molecule has 0 amide bonds. The minimum Gasteiger partial charge on any atom is -0.0999 e. The molecule has 0 nitrogen and oxygen atoms in total. The second-order valence-electron chi connectivity index (χ2n) is 1.15. The third kappa shape index (κ3) is 22.8. The van der Waals surface area contributed by atoms with Crippen molar-refractivity contribution in [2.24, 2.45) is 0 Å². The molecule has 1 aromatic rings. The van der Waals surface area contributed by atoms with E-state index in [1.54, 1.807) is 0 Å². The summed E-state index contributed by atoms with van der Waals surface area (Å²) < 4.78 is 0. The van der Waals surface area contributed by atoms with Crippen molar-refractivity contribution in [3.63, 3.8) is 0 Å². The monoisotopic (exact) mass is 160 g/mol. The molecule has 0 aromatic heterocycles. The maximum absolute atomic E-state index is 4.50. The van der Waals surface area contributed by atoms with Gasteiger partial charge in [-0.15, -0.1) is 0 Å². The SMILES string of the molecule is CC.[B]C.[B]C.c1ccccc1. The van der Waals surface area contributed by atoms with Gasteiger partial charge in [0, 0.05) is 0 Å². The lowest BCUT2D eigenvalue weighted by molar-refractivity contribution is 1.50. The zero-order valence-corrected chi connectivity index (χ0v) is 8.62.